The zero-order valence-electron chi connectivity index (χ0n) is 12.4. The number of carbonyl (C=O) groups is 1. The zero-order chi connectivity index (χ0) is 14.1. The van der Waals surface area contributed by atoms with Crippen LogP contribution < -0.4 is 10.2 Å². The average Bonchev–Trinajstić information content (AvgIpc) is 2.48. The quantitative estimate of drug-likeness (QED) is 0.852. The highest BCUT2D eigenvalue weighted by Crippen LogP contribution is 2.36. The Morgan fingerprint density at radius 1 is 1.25 bits per heavy atom. The lowest BCUT2D eigenvalue weighted by molar-refractivity contribution is -0.124. The van der Waals surface area contributed by atoms with Gasteiger partial charge in [0.25, 0.3) is 0 Å². The van der Waals surface area contributed by atoms with E-state index in [9.17, 15) is 4.79 Å². The van der Waals surface area contributed by atoms with Gasteiger partial charge < -0.3 is 10.2 Å². The maximum Gasteiger partial charge on any atom is 0.231 e. The summed E-state index contributed by atoms with van der Waals surface area (Å²) < 4.78 is 0. The molecular formula is C17H24N2O. The first-order valence-corrected chi connectivity index (χ1v) is 7.82. The summed E-state index contributed by atoms with van der Waals surface area (Å²) in [6, 6.07) is 8.68. The van der Waals surface area contributed by atoms with Gasteiger partial charge in [0.15, 0.2) is 0 Å². The smallest absolute Gasteiger partial charge is 0.231 e. The third kappa shape index (κ3) is 2.35. The van der Waals surface area contributed by atoms with Gasteiger partial charge >= 0.3 is 0 Å². The molecule has 2 aliphatic heterocycles. The first-order chi connectivity index (χ1) is 9.68. The number of hydrogen-bond donors (Lipinski definition) is 1. The number of carbonyl (C=O) groups excluding carboxylic acids is 1. The number of benzene rings is 1. The molecule has 3 heteroatoms. The molecule has 1 aromatic carbocycles. The van der Waals surface area contributed by atoms with Crippen molar-refractivity contribution in [3.8, 4) is 0 Å². The predicted octanol–water partition coefficient (Wildman–Crippen LogP) is 2.91. The Balaban J connectivity index is 1.87. The first kappa shape index (κ1) is 13.6. The van der Waals surface area contributed by atoms with Crippen molar-refractivity contribution >= 4 is 11.6 Å². The van der Waals surface area contributed by atoms with Crippen LogP contribution in [0.15, 0.2) is 24.3 Å². The van der Waals surface area contributed by atoms with E-state index in [0.717, 1.165) is 38.0 Å². The minimum Gasteiger partial charge on any atom is -0.313 e. The standard InChI is InChI=1S/C17H24N2O/c1-12-9-11-19(16-8-4-3-6-14(12)16)17(20)15-7-5-10-18-13(15)2/h3-4,6,8,12-13,15,18H,5,7,9-11H2,1-2H3. The van der Waals surface area contributed by atoms with Crippen LogP contribution in [0.2, 0.25) is 0 Å². The second-order valence-electron chi connectivity index (χ2n) is 6.23. The Morgan fingerprint density at radius 3 is 2.85 bits per heavy atom. The van der Waals surface area contributed by atoms with Gasteiger partial charge in [-0.15, -0.1) is 0 Å². The second-order valence-corrected chi connectivity index (χ2v) is 6.23. The second kappa shape index (κ2) is 5.57. The largest absolute Gasteiger partial charge is 0.313 e. The van der Waals surface area contributed by atoms with Gasteiger partial charge in [0, 0.05) is 18.3 Å². The molecule has 0 bridgehead atoms. The highest BCUT2D eigenvalue weighted by Gasteiger charge is 2.34. The number of amides is 1. The van der Waals surface area contributed by atoms with E-state index >= 15 is 0 Å². The van der Waals surface area contributed by atoms with Crippen molar-refractivity contribution in [2.24, 2.45) is 5.92 Å². The van der Waals surface area contributed by atoms with Crippen LogP contribution in [0.3, 0.4) is 0 Å². The number of piperidine rings is 1. The van der Waals surface area contributed by atoms with Crippen molar-refractivity contribution in [2.45, 2.75) is 45.1 Å². The summed E-state index contributed by atoms with van der Waals surface area (Å²) in [6.07, 6.45) is 3.19. The summed E-state index contributed by atoms with van der Waals surface area (Å²) in [5.41, 5.74) is 2.46. The Morgan fingerprint density at radius 2 is 2.05 bits per heavy atom. The van der Waals surface area contributed by atoms with Gasteiger partial charge in [0.05, 0.1) is 5.92 Å². The van der Waals surface area contributed by atoms with Gasteiger partial charge in [-0.05, 0) is 50.3 Å². The van der Waals surface area contributed by atoms with E-state index in [1.54, 1.807) is 0 Å². The van der Waals surface area contributed by atoms with Crippen LogP contribution in [0.25, 0.3) is 0 Å². The van der Waals surface area contributed by atoms with Crippen LogP contribution >= 0.6 is 0 Å². The van der Waals surface area contributed by atoms with E-state index in [0.29, 0.717) is 17.9 Å². The monoisotopic (exact) mass is 272 g/mol. The molecule has 1 N–H and O–H groups in total. The molecule has 108 valence electrons. The lowest BCUT2D eigenvalue weighted by Crippen LogP contribution is -2.49. The van der Waals surface area contributed by atoms with Gasteiger partial charge in [-0.1, -0.05) is 25.1 Å². The van der Waals surface area contributed by atoms with E-state index in [1.807, 2.05) is 11.0 Å². The van der Waals surface area contributed by atoms with Crippen LogP contribution in [-0.4, -0.2) is 25.0 Å². The fourth-order valence-corrected chi connectivity index (χ4v) is 3.56. The fourth-order valence-electron chi connectivity index (χ4n) is 3.56. The van der Waals surface area contributed by atoms with Gasteiger partial charge in [-0.25, -0.2) is 0 Å². The Kier molecular flexibility index (Phi) is 3.79. The maximum absolute atomic E-state index is 12.9. The molecule has 2 heterocycles. The Labute approximate surface area is 121 Å². The first-order valence-electron chi connectivity index (χ1n) is 7.82. The summed E-state index contributed by atoms with van der Waals surface area (Å²) >= 11 is 0. The normalized spacial score (nSPS) is 29.9. The van der Waals surface area contributed by atoms with Crippen LogP contribution in [0.1, 0.15) is 44.6 Å². The van der Waals surface area contributed by atoms with Crippen molar-refractivity contribution < 1.29 is 4.79 Å². The average molecular weight is 272 g/mol. The summed E-state index contributed by atoms with van der Waals surface area (Å²) in [6.45, 7) is 6.30. The van der Waals surface area contributed by atoms with Gasteiger partial charge in [0.1, 0.15) is 0 Å². The molecule has 0 radical (unpaired) electrons. The van der Waals surface area contributed by atoms with Crippen molar-refractivity contribution in [2.75, 3.05) is 18.0 Å². The van der Waals surface area contributed by atoms with Crippen molar-refractivity contribution in [1.29, 1.82) is 0 Å². The van der Waals surface area contributed by atoms with Gasteiger partial charge in [-0.2, -0.15) is 0 Å². The number of nitrogens with one attached hydrogen (secondary N) is 1. The van der Waals surface area contributed by atoms with Gasteiger partial charge in [0.2, 0.25) is 5.91 Å². The molecule has 3 rings (SSSR count). The zero-order valence-corrected chi connectivity index (χ0v) is 12.4. The SMILES string of the molecule is CC1CCN(C(=O)C2CCCNC2C)c2ccccc21. The number of hydrogen-bond acceptors (Lipinski definition) is 2. The van der Waals surface area contributed by atoms with Crippen molar-refractivity contribution in [3.05, 3.63) is 29.8 Å². The summed E-state index contributed by atoms with van der Waals surface area (Å²) in [5.74, 6) is 0.992. The molecule has 20 heavy (non-hydrogen) atoms. The van der Waals surface area contributed by atoms with Crippen LogP contribution in [-0.2, 0) is 4.79 Å². The summed E-state index contributed by atoms with van der Waals surface area (Å²) in [7, 11) is 0. The maximum atomic E-state index is 12.9. The number of fused-ring (bicyclic) bond motifs is 1. The third-order valence-electron chi connectivity index (χ3n) is 4.89. The molecule has 1 saturated heterocycles. The molecular weight excluding hydrogens is 248 g/mol. The minimum atomic E-state index is 0.130. The molecule has 3 atom stereocenters. The molecule has 1 fully saturated rings. The Bertz CT molecular complexity index is 500. The Hall–Kier alpha value is -1.35. The molecule has 1 aromatic rings. The third-order valence-corrected chi connectivity index (χ3v) is 4.89. The van der Waals surface area contributed by atoms with Crippen LogP contribution in [0, 0.1) is 5.92 Å². The molecule has 0 spiro atoms. The minimum absolute atomic E-state index is 0.130. The van der Waals surface area contributed by atoms with Crippen LogP contribution in [0.4, 0.5) is 5.69 Å². The summed E-state index contributed by atoms with van der Waals surface area (Å²) in [4.78, 5) is 15.0. The predicted molar refractivity (Wildman–Crippen MR) is 82.0 cm³/mol. The molecule has 0 aliphatic carbocycles. The highest BCUT2D eigenvalue weighted by atomic mass is 16.2. The fraction of sp³-hybridized carbons (Fsp3) is 0.588. The number of para-hydroxylation sites is 1. The van der Waals surface area contributed by atoms with E-state index in [2.05, 4.69) is 37.4 Å². The van der Waals surface area contributed by atoms with E-state index in [4.69, 9.17) is 0 Å². The molecule has 3 unspecified atom stereocenters. The highest BCUT2D eigenvalue weighted by molar-refractivity contribution is 5.96. The molecule has 0 aromatic heterocycles. The molecule has 2 aliphatic rings. The molecule has 1 amide bonds. The topological polar surface area (TPSA) is 32.3 Å². The van der Waals surface area contributed by atoms with E-state index in [1.165, 1.54) is 5.56 Å². The van der Waals surface area contributed by atoms with Crippen molar-refractivity contribution in [3.63, 3.8) is 0 Å². The molecule has 0 saturated carbocycles. The van der Waals surface area contributed by atoms with E-state index in [-0.39, 0.29) is 5.92 Å². The van der Waals surface area contributed by atoms with Crippen molar-refractivity contribution in [1.82, 2.24) is 5.32 Å². The van der Waals surface area contributed by atoms with Gasteiger partial charge in [-0.3, -0.25) is 4.79 Å². The van der Waals surface area contributed by atoms with Crippen LogP contribution in [0.5, 0.6) is 0 Å². The number of nitrogens with zero attached hydrogens (tertiary/aromatic N) is 1. The number of anilines is 1. The number of rotatable bonds is 1. The lowest BCUT2D eigenvalue weighted by atomic mass is 9.87. The van der Waals surface area contributed by atoms with E-state index < -0.39 is 0 Å². The lowest BCUT2D eigenvalue weighted by Gasteiger charge is -2.38. The summed E-state index contributed by atoms with van der Waals surface area (Å²) in [5, 5.41) is 3.44. The molecule has 3 nitrogen and oxygen atoms in total.